The summed E-state index contributed by atoms with van der Waals surface area (Å²) < 4.78 is 38.6. The molecule has 1 amide bonds. The minimum absolute atomic E-state index is 0.0431. The van der Waals surface area contributed by atoms with Gasteiger partial charge in [0.25, 0.3) is 0 Å². The van der Waals surface area contributed by atoms with Crippen LogP contribution >= 0.6 is 0 Å². The van der Waals surface area contributed by atoms with Crippen molar-refractivity contribution in [2.45, 2.75) is 44.3 Å². The molecule has 1 N–H and O–H groups in total. The van der Waals surface area contributed by atoms with Gasteiger partial charge in [0.15, 0.2) is 6.29 Å². The van der Waals surface area contributed by atoms with Crippen molar-refractivity contribution in [3.8, 4) is 0 Å². The van der Waals surface area contributed by atoms with Crippen LogP contribution < -0.4 is 9.62 Å². The lowest BCUT2D eigenvalue weighted by molar-refractivity contribution is -0.130. The molecule has 25 heavy (non-hydrogen) atoms. The van der Waals surface area contributed by atoms with Crippen molar-refractivity contribution < 1.29 is 22.7 Å². The van der Waals surface area contributed by atoms with Crippen LogP contribution in [-0.4, -0.2) is 46.9 Å². The molecule has 0 aromatic heterocycles. The van der Waals surface area contributed by atoms with Gasteiger partial charge in [-0.15, -0.1) is 0 Å². The summed E-state index contributed by atoms with van der Waals surface area (Å²) in [5.41, 5.74) is 2.64. The van der Waals surface area contributed by atoms with Gasteiger partial charge < -0.3 is 14.4 Å². The summed E-state index contributed by atoms with van der Waals surface area (Å²) in [6.45, 7) is 5.29. The molecule has 0 saturated carbocycles. The number of hydrogen-bond acceptors (Lipinski definition) is 5. The van der Waals surface area contributed by atoms with Gasteiger partial charge in [-0.2, -0.15) is 0 Å². The molecule has 8 heteroatoms. The highest BCUT2D eigenvalue weighted by molar-refractivity contribution is 7.89. The molecular formula is C17H24N2O5S. The molecule has 0 radical (unpaired) electrons. The van der Waals surface area contributed by atoms with Crippen molar-refractivity contribution in [1.29, 1.82) is 0 Å². The minimum atomic E-state index is -3.70. The van der Waals surface area contributed by atoms with E-state index in [1.54, 1.807) is 17.0 Å². The second kappa shape index (κ2) is 7.41. The van der Waals surface area contributed by atoms with Gasteiger partial charge in [0, 0.05) is 19.8 Å². The molecule has 1 aromatic rings. The van der Waals surface area contributed by atoms with Crippen LogP contribution in [-0.2, 0) is 37.1 Å². The summed E-state index contributed by atoms with van der Waals surface area (Å²) in [6, 6.07) is 3.29. The highest BCUT2D eigenvalue weighted by Gasteiger charge is 2.33. The molecule has 0 aliphatic carbocycles. The zero-order chi connectivity index (χ0) is 18.0. The van der Waals surface area contributed by atoms with E-state index >= 15 is 0 Å². The quantitative estimate of drug-likeness (QED) is 0.697. The van der Waals surface area contributed by atoms with Gasteiger partial charge in [-0.3, -0.25) is 4.79 Å². The Morgan fingerprint density at radius 1 is 1.20 bits per heavy atom. The van der Waals surface area contributed by atoms with Crippen molar-refractivity contribution in [3.05, 3.63) is 23.3 Å². The number of benzene rings is 1. The fourth-order valence-electron chi connectivity index (χ4n) is 3.40. The molecule has 0 bridgehead atoms. The molecule has 2 aliphatic rings. The number of amides is 1. The third-order valence-corrected chi connectivity index (χ3v) is 5.84. The van der Waals surface area contributed by atoms with E-state index in [0.717, 1.165) is 29.7 Å². The average molecular weight is 368 g/mol. The van der Waals surface area contributed by atoms with Crippen molar-refractivity contribution in [2.24, 2.45) is 0 Å². The van der Waals surface area contributed by atoms with Gasteiger partial charge in [-0.25, -0.2) is 13.1 Å². The highest BCUT2D eigenvalue weighted by Crippen LogP contribution is 2.38. The normalized spacial score (nSPS) is 16.6. The number of carbonyl (C=O) groups excluding carboxylic acids is 1. The predicted octanol–water partition coefficient (Wildman–Crippen LogP) is 1.20. The molecule has 2 aliphatic heterocycles. The first kappa shape index (κ1) is 18.3. The third kappa shape index (κ3) is 3.72. The van der Waals surface area contributed by atoms with Crippen LogP contribution in [0.2, 0.25) is 0 Å². The van der Waals surface area contributed by atoms with Crippen LogP contribution in [0.5, 0.6) is 0 Å². The van der Waals surface area contributed by atoms with Gasteiger partial charge >= 0.3 is 0 Å². The van der Waals surface area contributed by atoms with Crippen LogP contribution in [0.1, 0.15) is 31.4 Å². The van der Waals surface area contributed by atoms with Crippen LogP contribution in [0.3, 0.4) is 0 Å². The smallest absolute Gasteiger partial charge is 0.240 e. The first-order valence-electron chi connectivity index (χ1n) is 8.65. The van der Waals surface area contributed by atoms with E-state index in [-0.39, 0.29) is 23.8 Å². The van der Waals surface area contributed by atoms with E-state index in [2.05, 4.69) is 4.72 Å². The Morgan fingerprint density at radius 2 is 1.88 bits per heavy atom. The molecule has 7 nitrogen and oxygen atoms in total. The third-order valence-electron chi connectivity index (χ3n) is 4.44. The molecule has 138 valence electrons. The molecular weight excluding hydrogens is 344 g/mol. The van der Waals surface area contributed by atoms with Crippen LogP contribution in [0.4, 0.5) is 5.69 Å². The topological polar surface area (TPSA) is 84.9 Å². The maximum absolute atomic E-state index is 12.7. The maximum atomic E-state index is 12.7. The van der Waals surface area contributed by atoms with Crippen molar-refractivity contribution in [1.82, 2.24) is 4.72 Å². The lowest BCUT2D eigenvalue weighted by Crippen LogP contribution is -2.35. The first-order chi connectivity index (χ1) is 12.0. The molecule has 0 spiro atoms. The summed E-state index contributed by atoms with van der Waals surface area (Å²) in [5, 5.41) is 0. The fourth-order valence-corrected chi connectivity index (χ4v) is 4.52. The molecule has 0 unspecified atom stereocenters. The zero-order valence-electron chi connectivity index (χ0n) is 14.6. The maximum Gasteiger partial charge on any atom is 0.240 e. The summed E-state index contributed by atoms with van der Waals surface area (Å²) >= 11 is 0. The summed E-state index contributed by atoms with van der Waals surface area (Å²) in [7, 11) is -3.70. The van der Waals surface area contributed by atoms with Gasteiger partial charge in [0.2, 0.25) is 15.9 Å². The molecule has 2 heterocycles. The fraction of sp³-hybridized carbons (Fsp3) is 0.588. The van der Waals surface area contributed by atoms with Crippen LogP contribution in [0.15, 0.2) is 17.0 Å². The van der Waals surface area contributed by atoms with Gasteiger partial charge in [0.05, 0.1) is 23.5 Å². The first-order valence-corrected chi connectivity index (χ1v) is 10.1. The summed E-state index contributed by atoms with van der Waals surface area (Å²) in [6.07, 6.45) is 1.29. The SMILES string of the molecule is CCOC(CNS(=O)(=O)c1cc2c3c(c1)CC(=O)N3CCC2)OCC. The Kier molecular flexibility index (Phi) is 5.43. The molecule has 0 saturated heterocycles. The molecule has 0 fully saturated rings. The number of hydrogen-bond donors (Lipinski definition) is 1. The number of rotatable bonds is 8. The van der Waals surface area contributed by atoms with Crippen molar-refractivity contribution >= 4 is 21.6 Å². The van der Waals surface area contributed by atoms with E-state index in [1.165, 1.54) is 0 Å². The average Bonchev–Trinajstić information content (AvgIpc) is 2.91. The van der Waals surface area contributed by atoms with E-state index in [4.69, 9.17) is 9.47 Å². The lowest BCUT2D eigenvalue weighted by Gasteiger charge is -2.26. The second-order valence-corrected chi connectivity index (χ2v) is 7.87. The predicted molar refractivity (Wildman–Crippen MR) is 93.0 cm³/mol. The largest absolute Gasteiger partial charge is 0.352 e. The zero-order valence-corrected chi connectivity index (χ0v) is 15.4. The second-order valence-electron chi connectivity index (χ2n) is 6.11. The molecule has 3 rings (SSSR count). The minimum Gasteiger partial charge on any atom is -0.352 e. The van der Waals surface area contributed by atoms with E-state index in [9.17, 15) is 13.2 Å². The van der Waals surface area contributed by atoms with Crippen LogP contribution in [0, 0.1) is 0 Å². The Labute approximate surface area is 148 Å². The number of nitrogens with one attached hydrogen (secondary N) is 1. The van der Waals surface area contributed by atoms with Gasteiger partial charge in [-0.05, 0) is 49.9 Å². The summed E-state index contributed by atoms with van der Waals surface area (Å²) in [5.74, 6) is 0.0474. The van der Waals surface area contributed by atoms with E-state index < -0.39 is 16.3 Å². The van der Waals surface area contributed by atoms with Crippen LogP contribution in [0.25, 0.3) is 0 Å². The number of sulfonamides is 1. The summed E-state index contributed by atoms with van der Waals surface area (Å²) in [4.78, 5) is 14.1. The monoisotopic (exact) mass is 368 g/mol. The van der Waals surface area contributed by atoms with Crippen molar-refractivity contribution in [3.63, 3.8) is 0 Å². The van der Waals surface area contributed by atoms with Gasteiger partial charge in [0.1, 0.15) is 0 Å². The number of anilines is 1. The standard InChI is InChI=1S/C17H24N2O5S/c1-3-23-16(24-4-2)11-18-25(21,22)14-8-12-6-5-7-19-15(20)10-13(9-14)17(12)19/h8-9,16,18H,3-7,10-11H2,1-2H3. The lowest BCUT2D eigenvalue weighted by atomic mass is 10.0. The Hall–Kier alpha value is -1.48. The Morgan fingerprint density at radius 3 is 2.56 bits per heavy atom. The highest BCUT2D eigenvalue weighted by atomic mass is 32.2. The van der Waals surface area contributed by atoms with Gasteiger partial charge in [-0.1, -0.05) is 0 Å². The van der Waals surface area contributed by atoms with E-state index in [1.807, 2.05) is 13.8 Å². The van der Waals surface area contributed by atoms with E-state index in [0.29, 0.717) is 19.8 Å². The number of nitrogens with zero attached hydrogens (tertiary/aromatic N) is 1. The van der Waals surface area contributed by atoms with Crippen molar-refractivity contribution in [2.75, 3.05) is 31.2 Å². The Balaban J connectivity index is 1.82. The molecule has 0 atom stereocenters. The molecule has 1 aromatic carbocycles. The number of aryl methyl sites for hydroxylation is 1. The Bertz CT molecular complexity index is 757. The number of carbonyl (C=O) groups is 1. The number of ether oxygens (including phenoxy) is 2.